The molecule has 0 aliphatic carbocycles. The monoisotopic (exact) mass is 633 g/mol. The molecule has 8 aromatic carbocycles. The van der Waals surface area contributed by atoms with Crippen molar-refractivity contribution in [3.63, 3.8) is 0 Å². The van der Waals surface area contributed by atoms with Gasteiger partial charge >= 0.3 is 0 Å². The van der Waals surface area contributed by atoms with Gasteiger partial charge in [-0.3, -0.25) is 15.0 Å². The van der Waals surface area contributed by atoms with Crippen LogP contribution < -0.4 is 0 Å². The normalized spacial score (nSPS) is 12.0. The van der Waals surface area contributed by atoms with Gasteiger partial charge in [-0.15, -0.1) is 0 Å². The van der Waals surface area contributed by atoms with Crippen LogP contribution in [-0.4, -0.2) is 15.0 Å². The van der Waals surface area contributed by atoms with Crippen LogP contribution in [0.25, 0.3) is 110 Å². The van der Waals surface area contributed by atoms with Crippen LogP contribution in [0.15, 0.2) is 164 Å². The van der Waals surface area contributed by atoms with Crippen LogP contribution >= 0.6 is 0 Å². The molecule has 0 radical (unpaired) electrons. The lowest BCUT2D eigenvalue weighted by molar-refractivity contribution is 1.23. The van der Waals surface area contributed by atoms with E-state index in [4.69, 9.17) is 15.0 Å². The minimum Gasteiger partial charge on any atom is -0.256 e. The predicted molar refractivity (Wildman–Crippen MR) is 209 cm³/mol. The van der Waals surface area contributed by atoms with Gasteiger partial charge in [-0.1, -0.05) is 115 Å². The maximum absolute atomic E-state index is 5.18. The van der Waals surface area contributed by atoms with Gasteiger partial charge in [-0.25, -0.2) is 0 Å². The Morgan fingerprint density at radius 3 is 1.46 bits per heavy atom. The molecular formula is C47H27N3. The highest BCUT2D eigenvalue weighted by Gasteiger charge is 2.24. The molecule has 230 valence electrons. The van der Waals surface area contributed by atoms with Crippen molar-refractivity contribution in [1.29, 1.82) is 0 Å². The minimum absolute atomic E-state index is 0.812. The summed E-state index contributed by atoms with van der Waals surface area (Å²) in [5, 5.41) is 15.1. The van der Waals surface area contributed by atoms with Crippen LogP contribution in [0.5, 0.6) is 0 Å². The van der Waals surface area contributed by atoms with E-state index < -0.39 is 0 Å². The summed E-state index contributed by atoms with van der Waals surface area (Å²) < 4.78 is 0. The molecule has 0 amide bonds. The van der Waals surface area contributed by atoms with E-state index >= 15 is 0 Å². The van der Waals surface area contributed by atoms with E-state index in [9.17, 15) is 0 Å². The van der Waals surface area contributed by atoms with Crippen LogP contribution in [0.3, 0.4) is 0 Å². The van der Waals surface area contributed by atoms with Gasteiger partial charge in [0.25, 0.3) is 0 Å². The number of aromatic nitrogens is 3. The number of rotatable bonds is 4. The molecule has 3 aromatic heterocycles. The molecule has 0 bridgehead atoms. The van der Waals surface area contributed by atoms with Crippen molar-refractivity contribution < 1.29 is 0 Å². The van der Waals surface area contributed by atoms with Crippen molar-refractivity contribution in [2.45, 2.75) is 0 Å². The van der Waals surface area contributed by atoms with Crippen LogP contribution in [0.1, 0.15) is 0 Å². The third-order valence-electron chi connectivity index (χ3n) is 10.5. The van der Waals surface area contributed by atoms with E-state index in [0.717, 1.165) is 39.3 Å². The molecule has 11 aromatic rings. The Bertz CT molecular complexity index is 3060. The van der Waals surface area contributed by atoms with Crippen molar-refractivity contribution in [1.82, 2.24) is 15.0 Å². The number of pyridine rings is 3. The summed E-state index contributed by atoms with van der Waals surface area (Å²) in [4.78, 5) is 15.0. The minimum atomic E-state index is 0.812. The number of hydrogen-bond donors (Lipinski definition) is 0. The molecular weight excluding hydrogens is 607 g/mol. The second-order valence-corrected chi connectivity index (χ2v) is 13.1. The van der Waals surface area contributed by atoms with Gasteiger partial charge in [-0.2, -0.15) is 0 Å². The van der Waals surface area contributed by atoms with E-state index in [1.807, 2.05) is 42.9 Å². The summed E-state index contributed by atoms with van der Waals surface area (Å²) in [5.74, 6) is 0. The van der Waals surface area contributed by atoms with Crippen molar-refractivity contribution in [3.8, 4) is 44.9 Å². The fourth-order valence-corrected chi connectivity index (χ4v) is 8.38. The average molecular weight is 634 g/mol. The lowest BCUT2D eigenvalue weighted by Gasteiger charge is -2.21. The SMILES string of the molecule is c1ccc(-c2cccnc2-c2nccc(-c3ccc4ccc5cccc6ccc3c4c56)c2-c2ccc3ccc4cccc5ccc2c3c45)nc1. The van der Waals surface area contributed by atoms with Gasteiger partial charge in [-0.05, 0) is 112 Å². The Balaban J connectivity index is 1.29. The molecule has 50 heavy (non-hydrogen) atoms. The Morgan fingerprint density at radius 1 is 0.280 bits per heavy atom. The van der Waals surface area contributed by atoms with Crippen molar-refractivity contribution in [2.24, 2.45) is 0 Å². The fraction of sp³-hybridized carbons (Fsp3) is 0. The molecule has 0 saturated carbocycles. The second kappa shape index (κ2) is 10.4. The Kier molecular flexibility index (Phi) is 5.67. The van der Waals surface area contributed by atoms with Gasteiger partial charge in [0.1, 0.15) is 0 Å². The first kappa shape index (κ1) is 27.3. The van der Waals surface area contributed by atoms with Crippen LogP contribution in [0, 0.1) is 0 Å². The molecule has 0 aliphatic rings. The lowest BCUT2D eigenvalue weighted by Crippen LogP contribution is -1.99. The zero-order chi connectivity index (χ0) is 32.8. The standard InChI is InChI=1S/C47H27N3/c1-2-25-48-40(11-1)39-10-5-26-49-46(39)47-45(37-23-19-33-15-13-29-7-4-9-31-18-22-36(37)44(33)42(29)31)38(24-27-50-47)34-20-16-32-14-12-28-6-3-8-30-17-21-35(34)43(32)41(28)30/h1-27H. The third-order valence-corrected chi connectivity index (χ3v) is 10.5. The molecule has 3 heteroatoms. The lowest BCUT2D eigenvalue weighted by atomic mass is 9.84. The number of hydrogen-bond acceptors (Lipinski definition) is 3. The molecule has 0 spiro atoms. The molecule has 0 saturated heterocycles. The molecule has 0 fully saturated rings. The summed E-state index contributed by atoms with van der Waals surface area (Å²) in [6, 6.07) is 52.7. The predicted octanol–water partition coefficient (Wildman–Crippen LogP) is 12.3. The number of nitrogens with zero attached hydrogens (tertiary/aromatic N) is 3. The second-order valence-electron chi connectivity index (χ2n) is 13.1. The third kappa shape index (κ3) is 3.83. The number of benzene rings is 8. The van der Waals surface area contributed by atoms with Crippen LogP contribution in [0.4, 0.5) is 0 Å². The fourth-order valence-electron chi connectivity index (χ4n) is 8.38. The Morgan fingerprint density at radius 2 is 0.820 bits per heavy atom. The highest BCUT2D eigenvalue weighted by molar-refractivity contribution is 6.28. The van der Waals surface area contributed by atoms with Gasteiger partial charge in [0.05, 0.1) is 17.1 Å². The zero-order valence-corrected chi connectivity index (χ0v) is 26.9. The molecule has 11 rings (SSSR count). The quantitative estimate of drug-likeness (QED) is 0.181. The van der Waals surface area contributed by atoms with Gasteiger partial charge < -0.3 is 0 Å². The van der Waals surface area contributed by atoms with Crippen LogP contribution in [-0.2, 0) is 0 Å². The van der Waals surface area contributed by atoms with E-state index in [1.54, 1.807) is 0 Å². The summed E-state index contributed by atoms with van der Waals surface area (Å²) in [6.45, 7) is 0. The summed E-state index contributed by atoms with van der Waals surface area (Å²) in [6.07, 6.45) is 5.64. The van der Waals surface area contributed by atoms with E-state index in [1.165, 1.54) is 70.2 Å². The van der Waals surface area contributed by atoms with E-state index in [2.05, 4.69) is 121 Å². The molecule has 3 nitrogen and oxygen atoms in total. The molecule has 3 heterocycles. The highest BCUT2D eigenvalue weighted by Crippen LogP contribution is 2.48. The Hall–Kier alpha value is -6.71. The first-order valence-electron chi connectivity index (χ1n) is 17.0. The highest BCUT2D eigenvalue weighted by atomic mass is 14.8. The summed E-state index contributed by atoms with van der Waals surface area (Å²) in [7, 11) is 0. The molecule has 0 aliphatic heterocycles. The molecule has 0 unspecified atom stereocenters. The summed E-state index contributed by atoms with van der Waals surface area (Å²) >= 11 is 0. The molecule has 0 N–H and O–H groups in total. The van der Waals surface area contributed by atoms with Gasteiger partial charge in [0.15, 0.2) is 0 Å². The first-order chi connectivity index (χ1) is 24.8. The maximum Gasteiger partial charge on any atom is 0.0986 e. The van der Waals surface area contributed by atoms with Crippen molar-refractivity contribution in [3.05, 3.63) is 164 Å². The van der Waals surface area contributed by atoms with E-state index in [-0.39, 0.29) is 0 Å². The van der Waals surface area contributed by atoms with E-state index in [0.29, 0.717) is 0 Å². The Labute approximate surface area is 287 Å². The summed E-state index contributed by atoms with van der Waals surface area (Å²) in [5.41, 5.74) is 7.97. The molecule has 0 atom stereocenters. The smallest absolute Gasteiger partial charge is 0.0986 e. The van der Waals surface area contributed by atoms with Gasteiger partial charge in [0.2, 0.25) is 0 Å². The zero-order valence-electron chi connectivity index (χ0n) is 26.9. The average Bonchev–Trinajstić information content (AvgIpc) is 3.19. The maximum atomic E-state index is 5.18. The first-order valence-corrected chi connectivity index (χ1v) is 17.0. The van der Waals surface area contributed by atoms with Crippen molar-refractivity contribution >= 4 is 64.6 Å². The van der Waals surface area contributed by atoms with Crippen LogP contribution in [0.2, 0.25) is 0 Å². The van der Waals surface area contributed by atoms with Gasteiger partial charge in [0, 0.05) is 29.7 Å². The topological polar surface area (TPSA) is 38.7 Å². The largest absolute Gasteiger partial charge is 0.256 e. The van der Waals surface area contributed by atoms with Crippen molar-refractivity contribution in [2.75, 3.05) is 0 Å².